The lowest BCUT2D eigenvalue weighted by molar-refractivity contribution is -0.134. The molecule has 1 aliphatic rings. The minimum absolute atomic E-state index is 0.0344. The van der Waals surface area contributed by atoms with Gasteiger partial charge in [0.2, 0.25) is 5.91 Å². The Labute approximate surface area is 162 Å². The lowest BCUT2D eigenvalue weighted by atomic mass is 10.0. The molecule has 0 aliphatic carbocycles. The molecule has 0 aromatic carbocycles. The summed E-state index contributed by atoms with van der Waals surface area (Å²) in [5.41, 5.74) is 1.37. The smallest absolute Gasteiger partial charge is 0.276 e. The van der Waals surface area contributed by atoms with Crippen LogP contribution in [0.1, 0.15) is 29.9 Å². The largest absolute Gasteiger partial charge is 0.467 e. The van der Waals surface area contributed by atoms with Gasteiger partial charge in [-0.3, -0.25) is 14.7 Å². The van der Waals surface area contributed by atoms with Crippen LogP contribution in [0.5, 0.6) is 0 Å². The molecule has 8 heteroatoms. The highest BCUT2D eigenvalue weighted by Gasteiger charge is 2.29. The molecule has 1 amide bonds. The number of H-pyrrole nitrogens is 1. The van der Waals surface area contributed by atoms with E-state index in [1.165, 1.54) is 4.52 Å². The zero-order valence-electron chi connectivity index (χ0n) is 16.2. The molecular formula is C20H25N5O3. The number of aromatic amines is 1. The van der Waals surface area contributed by atoms with Crippen LogP contribution in [-0.4, -0.2) is 56.5 Å². The van der Waals surface area contributed by atoms with Gasteiger partial charge in [-0.25, -0.2) is 9.50 Å². The highest BCUT2D eigenvalue weighted by atomic mass is 16.3. The third kappa shape index (κ3) is 3.60. The normalized spacial score (nSPS) is 15.9. The fourth-order valence-electron chi connectivity index (χ4n) is 3.86. The molecule has 4 heterocycles. The summed E-state index contributed by atoms with van der Waals surface area (Å²) in [6.45, 7) is 4.09. The van der Waals surface area contributed by atoms with Gasteiger partial charge in [0.05, 0.1) is 19.2 Å². The summed E-state index contributed by atoms with van der Waals surface area (Å²) in [4.78, 5) is 34.7. The number of nitrogens with one attached hydrogen (secondary N) is 1. The maximum atomic E-state index is 13.3. The SMILES string of the molecule is Cc1nc2cc[nH]n2c(=O)c1CC(=O)N(Cc1ccco1)C1CCN(C)CC1. The average molecular weight is 383 g/mol. The van der Waals surface area contributed by atoms with Crippen molar-refractivity contribution in [3.63, 3.8) is 0 Å². The summed E-state index contributed by atoms with van der Waals surface area (Å²) >= 11 is 0. The van der Waals surface area contributed by atoms with Crippen molar-refractivity contribution in [1.82, 2.24) is 24.4 Å². The van der Waals surface area contributed by atoms with Gasteiger partial charge < -0.3 is 14.2 Å². The Bertz CT molecular complexity index is 1010. The number of aryl methyl sites for hydroxylation is 1. The van der Waals surface area contributed by atoms with Crippen molar-refractivity contribution in [1.29, 1.82) is 0 Å². The van der Waals surface area contributed by atoms with E-state index in [1.54, 1.807) is 25.5 Å². The van der Waals surface area contributed by atoms with Gasteiger partial charge in [-0.2, -0.15) is 0 Å². The van der Waals surface area contributed by atoms with Crippen molar-refractivity contribution in [3.8, 4) is 0 Å². The number of nitrogens with zero attached hydrogens (tertiary/aromatic N) is 4. The Hall–Kier alpha value is -2.87. The molecule has 0 saturated carbocycles. The van der Waals surface area contributed by atoms with Gasteiger partial charge in [-0.1, -0.05) is 0 Å². The second kappa shape index (κ2) is 7.63. The summed E-state index contributed by atoms with van der Waals surface area (Å²) in [6.07, 6.45) is 5.14. The van der Waals surface area contributed by atoms with Crippen LogP contribution in [-0.2, 0) is 17.8 Å². The van der Waals surface area contributed by atoms with E-state index in [0.29, 0.717) is 23.4 Å². The van der Waals surface area contributed by atoms with Crippen molar-refractivity contribution in [2.45, 2.75) is 38.8 Å². The molecular weight excluding hydrogens is 358 g/mol. The first-order valence-corrected chi connectivity index (χ1v) is 9.59. The minimum Gasteiger partial charge on any atom is -0.467 e. The predicted molar refractivity (Wildman–Crippen MR) is 104 cm³/mol. The molecule has 1 fully saturated rings. The minimum atomic E-state index is -0.220. The van der Waals surface area contributed by atoms with E-state index in [2.05, 4.69) is 22.0 Å². The van der Waals surface area contributed by atoms with Crippen molar-refractivity contribution >= 4 is 11.6 Å². The second-order valence-corrected chi connectivity index (χ2v) is 7.45. The molecule has 3 aromatic rings. The predicted octanol–water partition coefficient (Wildman–Crippen LogP) is 1.59. The molecule has 0 radical (unpaired) electrons. The number of carbonyl (C=O) groups is 1. The van der Waals surface area contributed by atoms with Crippen LogP contribution >= 0.6 is 0 Å². The number of carbonyl (C=O) groups excluding carboxylic acids is 1. The fraction of sp³-hybridized carbons (Fsp3) is 0.450. The van der Waals surface area contributed by atoms with Crippen molar-refractivity contribution in [2.75, 3.05) is 20.1 Å². The molecule has 0 unspecified atom stereocenters. The number of amides is 1. The first kappa shape index (κ1) is 18.5. The van der Waals surface area contributed by atoms with Crippen LogP contribution in [0.15, 0.2) is 39.9 Å². The third-order valence-electron chi connectivity index (χ3n) is 5.53. The molecule has 148 valence electrons. The van der Waals surface area contributed by atoms with E-state index >= 15 is 0 Å². The Kier molecular flexibility index (Phi) is 5.04. The van der Waals surface area contributed by atoms with E-state index in [4.69, 9.17) is 4.42 Å². The molecule has 28 heavy (non-hydrogen) atoms. The number of likely N-dealkylation sites (tertiary alicyclic amines) is 1. The first-order valence-electron chi connectivity index (χ1n) is 9.59. The van der Waals surface area contributed by atoms with Crippen LogP contribution in [0, 0.1) is 6.92 Å². The number of piperidine rings is 1. The fourth-order valence-corrected chi connectivity index (χ4v) is 3.86. The monoisotopic (exact) mass is 383 g/mol. The number of aromatic nitrogens is 3. The average Bonchev–Trinajstić information content (AvgIpc) is 3.35. The van der Waals surface area contributed by atoms with Gasteiger partial charge in [0.25, 0.3) is 5.56 Å². The topological polar surface area (TPSA) is 86.8 Å². The molecule has 4 rings (SSSR count). The molecule has 0 bridgehead atoms. The van der Waals surface area contributed by atoms with Gasteiger partial charge in [0.1, 0.15) is 5.76 Å². The highest BCUT2D eigenvalue weighted by molar-refractivity contribution is 5.79. The number of hydrogen-bond donors (Lipinski definition) is 1. The molecule has 0 spiro atoms. The third-order valence-corrected chi connectivity index (χ3v) is 5.53. The van der Waals surface area contributed by atoms with Crippen LogP contribution in [0.25, 0.3) is 5.65 Å². The quantitative estimate of drug-likeness (QED) is 0.723. The standard InChI is InChI=1S/C20H25N5O3/c1-14-17(20(27)25-18(22-14)5-8-21-25)12-19(26)24(13-16-4-3-11-28-16)15-6-9-23(2)10-7-15/h3-5,8,11,15,21H,6-7,9-10,12-13H2,1-2H3. The molecule has 1 saturated heterocycles. The van der Waals surface area contributed by atoms with Crippen LogP contribution in [0.3, 0.4) is 0 Å². The zero-order valence-corrected chi connectivity index (χ0v) is 16.2. The van der Waals surface area contributed by atoms with Crippen LogP contribution in [0.2, 0.25) is 0 Å². The zero-order chi connectivity index (χ0) is 19.7. The van der Waals surface area contributed by atoms with Crippen LogP contribution in [0.4, 0.5) is 0 Å². The maximum Gasteiger partial charge on any atom is 0.276 e. The van der Waals surface area contributed by atoms with E-state index in [1.807, 2.05) is 17.0 Å². The summed E-state index contributed by atoms with van der Waals surface area (Å²) in [5.74, 6) is 0.679. The van der Waals surface area contributed by atoms with Crippen molar-refractivity contribution in [2.24, 2.45) is 0 Å². The molecule has 3 aromatic heterocycles. The summed E-state index contributed by atoms with van der Waals surface area (Å²) < 4.78 is 6.86. The number of furan rings is 1. The number of hydrogen-bond acceptors (Lipinski definition) is 5. The Balaban J connectivity index is 1.61. The van der Waals surface area contributed by atoms with E-state index in [-0.39, 0.29) is 23.9 Å². The number of fused-ring (bicyclic) bond motifs is 1. The van der Waals surface area contributed by atoms with Crippen molar-refractivity contribution < 1.29 is 9.21 Å². The molecule has 0 atom stereocenters. The van der Waals surface area contributed by atoms with Gasteiger partial charge in [0.15, 0.2) is 5.65 Å². The Morgan fingerprint density at radius 3 is 2.86 bits per heavy atom. The first-order chi connectivity index (χ1) is 13.5. The number of rotatable bonds is 5. The summed E-state index contributed by atoms with van der Waals surface area (Å²) in [7, 11) is 2.09. The Morgan fingerprint density at radius 1 is 1.36 bits per heavy atom. The van der Waals surface area contributed by atoms with E-state index < -0.39 is 0 Å². The Morgan fingerprint density at radius 2 is 2.14 bits per heavy atom. The van der Waals surface area contributed by atoms with Gasteiger partial charge >= 0.3 is 0 Å². The molecule has 8 nitrogen and oxygen atoms in total. The van der Waals surface area contributed by atoms with Gasteiger partial charge in [0, 0.05) is 29.6 Å². The van der Waals surface area contributed by atoms with Crippen LogP contribution < -0.4 is 5.56 Å². The maximum absolute atomic E-state index is 13.3. The highest BCUT2D eigenvalue weighted by Crippen LogP contribution is 2.20. The molecule has 1 N–H and O–H groups in total. The van der Waals surface area contributed by atoms with Crippen molar-refractivity contribution in [3.05, 3.63) is 58.0 Å². The molecule has 1 aliphatic heterocycles. The second-order valence-electron chi connectivity index (χ2n) is 7.45. The summed E-state index contributed by atoms with van der Waals surface area (Å²) in [5, 5.41) is 2.86. The van der Waals surface area contributed by atoms with Gasteiger partial charge in [-0.05, 0) is 52.0 Å². The lowest BCUT2D eigenvalue weighted by Gasteiger charge is -2.37. The van der Waals surface area contributed by atoms with E-state index in [9.17, 15) is 9.59 Å². The summed E-state index contributed by atoms with van der Waals surface area (Å²) in [6, 6.07) is 5.58. The van der Waals surface area contributed by atoms with E-state index in [0.717, 1.165) is 31.7 Å². The van der Waals surface area contributed by atoms with Gasteiger partial charge in [-0.15, -0.1) is 0 Å². The lowest BCUT2D eigenvalue weighted by Crippen LogP contribution is -2.47.